The van der Waals surface area contributed by atoms with Crippen LogP contribution in [0.4, 0.5) is 0 Å². The van der Waals surface area contributed by atoms with E-state index < -0.39 is 0 Å². The molecule has 0 saturated heterocycles. The van der Waals surface area contributed by atoms with Gasteiger partial charge >= 0.3 is 0 Å². The van der Waals surface area contributed by atoms with Crippen molar-refractivity contribution < 1.29 is 0 Å². The molecule has 5 nitrogen and oxygen atoms in total. The van der Waals surface area contributed by atoms with Crippen molar-refractivity contribution in [1.29, 1.82) is 5.41 Å². The van der Waals surface area contributed by atoms with Gasteiger partial charge in [-0.1, -0.05) is 0 Å². The van der Waals surface area contributed by atoms with Crippen LogP contribution in [0.25, 0.3) is 11.2 Å². The molecule has 2 aromatic heterocycles. The fourth-order valence-corrected chi connectivity index (χ4v) is 1.14. The van der Waals surface area contributed by atoms with Gasteiger partial charge in [0, 0.05) is 7.05 Å². The average Bonchev–Trinajstić information content (AvgIpc) is 2.39. The second kappa shape index (κ2) is 2.31. The molecule has 0 spiro atoms. The summed E-state index contributed by atoms with van der Waals surface area (Å²) in [4.78, 5) is 10.6. The monoisotopic (exact) mass is 183 g/mol. The zero-order valence-electron chi connectivity index (χ0n) is 6.30. The van der Waals surface area contributed by atoms with Gasteiger partial charge in [-0.25, -0.2) is 4.98 Å². The van der Waals surface area contributed by atoms with E-state index in [0.29, 0.717) is 16.7 Å². The third-order valence-electron chi connectivity index (χ3n) is 1.60. The Hall–Kier alpha value is -1.36. The fraction of sp³-hybridized carbons (Fsp3) is 0.167. The zero-order chi connectivity index (χ0) is 8.72. The summed E-state index contributed by atoms with van der Waals surface area (Å²) in [6.07, 6.45) is 1.53. The van der Waals surface area contributed by atoms with Crippen LogP contribution in [0, 0.1) is 5.41 Å². The summed E-state index contributed by atoms with van der Waals surface area (Å²) in [5.74, 6) is 0. The lowest BCUT2D eigenvalue weighted by atomic mass is 10.5. The van der Waals surface area contributed by atoms with E-state index in [1.807, 2.05) is 0 Å². The highest BCUT2D eigenvalue weighted by Gasteiger charge is 2.03. The predicted molar refractivity (Wildman–Crippen MR) is 43.7 cm³/mol. The van der Waals surface area contributed by atoms with Crippen LogP contribution in [-0.2, 0) is 7.05 Å². The number of halogens is 1. The minimum atomic E-state index is 0.261. The van der Waals surface area contributed by atoms with Crippen LogP contribution in [0.15, 0.2) is 6.33 Å². The Morgan fingerprint density at radius 2 is 2.42 bits per heavy atom. The van der Waals surface area contributed by atoms with E-state index in [9.17, 15) is 0 Å². The standard InChI is InChI=1S/C6H6ClN5/c1-12-2-9-5-3(4(12)8)10-6(7)11-5/h2,8H,1H3,(H,10,11). The van der Waals surface area contributed by atoms with E-state index in [0.717, 1.165) is 0 Å². The number of nitrogens with zero attached hydrogens (tertiary/aromatic N) is 3. The molecule has 12 heavy (non-hydrogen) atoms. The Bertz CT molecular complexity index is 482. The molecule has 0 unspecified atom stereocenters. The van der Waals surface area contributed by atoms with Crippen LogP contribution in [0.3, 0.4) is 0 Å². The van der Waals surface area contributed by atoms with Crippen LogP contribution in [0.1, 0.15) is 0 Å². The smallest absolute Gasteiger partial charge is 0.202 e. The summed E-state index contributed by atoms with van der Waals surface area (Å²) < 4.78 is 1.58. The Morgan fingerprint density at radius 3 is 3.17 bits per heavy atom. The first-order valence-electron chi connectivity index (χ1n) is 3.30. The van der Waals surface area contributed by atoms with E-state index in [4.69, 9.17) is 17.0 Å². The summed E-state index contributed by atoms with van der Waals surface area (Å²) in [6.45, 7) is 0. The van der Waals surface area contributed by atoms with E-state index in [1.165, 1.54) is 6.33 Å². The first-order chi connectivity index (χ1) is 5.68. The molecule has 0 fully saturated rings. The number of fused-ring (bicyclic) bond motifs is 1. The van der Waals surface area contributed by atoms with Crippen molar-refractivity contribution >= 4 is 22.8 Å². The minimum absolute atomic E-state index is 0.261. The second-order valence-electron chi connectivity index (χ2n) is 2.43. The van der Waals surface area contributed by atoms with E-state index >= 15 is 0 Å². The molecule has 0 radical (unpaired) electrons. The molecule has 2 N–H and O–H groups in total. The lowest BCUT2D eigenvalue weighted by Gasteiger charge is -1.95. The Balaban J connectivity index is 2.99. The van der Waals surface area contributed by atoms with Gasteiger partial charge in [0.15, 0.2) is 11.1 Å². The van der Waals surface area contributed by atoms with Crippen LogP contribution in [0.2, 0.25) is 5.28 Å². The number of aromatic amines is 1. The number of rotatable bonds is 0. The fourth-order valence-electron chi connectivity index (χ4n) is 0.970. The highest BCUT2D eigenvalue weighted by atomic mass is 35.5. The Morgan fingerprint density at radius 1 is 1.67 bits per heavy atom. The summed E-state index contributed by atoms with van der Waals surface area (Å²) in [5, 5.41) is 7.86. The van der Waals surface area contributed by atoms with Crippen molar-refractivity contribution in [2.75, 3.05) is 0 Å². The number of aromatic nitrogens is 4. The summed E-state index contributed by atoms with van der Waals surface area (Å²) >= 11 is 5.61. The number of hydrogen-bond donors (Lipinski definition) is 2. The lowest BCUT2D eigenvalue weighted by Crippen LogP contribution is -2.17. The first-order valence-corrected chi connectivity index (χ1v) is 3.67. The van der Waals surface area contributed by atoms with E-state index in [-0.39, 0.29) is 5.28 Å². The molecular formula is C6H6ClN5. The van der Waals surface area contributed by atoms with Crippen molar-refractivity contribution in [1.82, 2.24) is 19.5 Å². The van der Waals surface area contributed by atoms with Crippen LogP contribution in [0.5, 0.6) is 0 Å². The molecule has 0 aliphatic rings. The average molecular weight is 184 g/mol. The number of H-pyrrole nitrogens is 1. The van der Waals surface area contributed by atoms with Gasteiger partial charge in [-0.05, 0) is 11.6 Å². The molecular weight excluding hydrogens is 178 g/mol. The van der Waals surface area contributed by atoms with Crippen molar-refractivity contribution in [3.63, 3.8) is 0 Å². The van der Waals surface area contributed by atoms with Gasteiger partial charge in [-0.3, -0.25) is 5.41 Å². The lowest BCUT2D eigenvalue weighted by molar-refractivity contribution is 0.802. The van der Waals surface area contributed by atoms with Crippen molar-refractivity contribution in [3.8, 4) is 0 Å². The topological polar surface area (TPSA) is 70.3 Å². The largest absolute Gasteiger partial charge is 0.324 e. The van der Waals surface area contributed by atoms with Crippen LogP contribution < -0.4 is 5.49 Å². The van der Waals surface area contributed by atoms with E-state index in [2.05, 4.69) is 15.0 Å². The van der Waals surface area contributed by atoms with Gasteiger partial charge in [0.2, 0.25) is 5.28 Å². The highest BCUT2D eigenvalue weighted by Crippen LogP contribution is 2.06. The summed E-state index contributed by atoms with van der Waals surface area (Å²) in [7, 11) is 1.74. The van der Waals surface area contributed by atoms with Gasteiger partial charge in [0.25, 0.3) is 0 Å². The van der Waals surface area contributed by atoms with Crippen LogP contribution >= 0.6 is 11.6 Å². The predicted octanol–water partition coefficient (Wildman–Crippen LogP) is 0.429. The van der Waals surface area contributed by atoms with E-state index in [1.54, 1.807) is 11.6 Å². The maximum Gasteiger partial charge on any atom is 0.202 e. The summed E-state index contributed by atoms with van der Waals surface area (Å²) in [5.41, 5.74) is 1.35. The molecule has 0 bridgehead atoms. The van der Waals surface area contributed by atoms with Gasteiger partial charge in [-0.15, -0.1) is 0 Å². The number of hydrogen-bond acceptors (Lipinski definition) is 3. The van der Waals surface area contributed by atoms with Crippen molar-refractivity contribution in [3.05, 3.63) is 17.1 Å². The van der Waals surface area contributed by atoms with Gasteiger partial charge in [0.05, 0.1) is 6.33 Å². The normalized spacial score (nSPS) is 10.8. The number of imidazole rings is 1. The third kappa shape index (κ3) is 0.902. The SMILES string of the molecule is Cn1cnc2nc(Cl)[nH]c2c1=N. The third-order valence-corrected chi connectivity index (χ3v) is 1.78. The number of aryl methyl sites for hydroxylation is 1. The molecule has 0 aromatic carbocycles. The van der Waals surface area contributed by atoms with Gasteiger partial charge in [-0.2, -0.15) is 4.98 Å². The second-order valence-corrected chi connectivity index (χ2v) is 2.79. The quantitative estimate of drug-likeness (QED) is 0.582. The van der Waals surface area contributed by atoms with Crippen LogP contribution in [-0.4, -0.2) is 19.5 Å². The van der Waals surface area contributed by atoms with Crippen molar-refractivity contribution in [2.24, 2.45) is 7.05 Å². The molecule has 6 heteroatoms. The molecule has 2 rings (SSSR count). The molecule has 0 aliphatic heterocycles. The molecule has 0 atom stereocenters. The van der Waals surface area contributed by atoms with Gasteiger partial charge < -0.3 is 9.55 Å². The molecule has 0 aliphatic carbocycles. The maximum absolute atomic E-state index is 7.59. The minimum Gasteiger partial charge on any atom is -0.324 e. The molecule has 62 valence electrons. The number of nitrogens with one attached hydrogen (secondary N) is 2. The first kappa shape index (κ1) is 7.30. The van der Waals surface area contributed by atoms with Gasteiger partial charge in [0.1, 0.15) is 5.52 Å². The van der Waals surface area contributed by atoms with Crippen molar-refractivity contribution in [2.45, 2.75) is 0 Å². The Labute approximate surface area is 72.5 Å². The molecule has 0 amide bonds. The summed E-state index contributed by atoms with van der Waals surface area (Å²) in [6, 6.07) is 0. The highest BCUT2D eigenvalue weighted by molar-refractivity contribution is 6.28. The molecule has 2 aromatic rings. The molecule has 2 heterocycles. The zero-order valence-corrected chi connectivity index (χ0v) is 7.05. The Kier molecular flexibility index (Phi) is 1.41. The maximum atomic E-state index is 7.59. The molecule has 0 saturated carbocycles.